The third-order valence-corrected chi connectivity index (χ3v) is 3.51. The molecule has 0 aliphatic heterocycles. The predicted octanol–water partition coefficient (Wildman–Crippen LogP) is 3.55. The van der Waals surface area contributed by atoms with Gasteiger partial charge in [-0.1, -0.05) is 19.0 Å². The fourth-order valence-corrected chi connectivity index (χ4v) is 2.56. The Labute approximate surface area is 125 Å². The van der Waals surface area contributed by atoms with Crippen LogP contribution in [0.3, 0.4) is 0 Å². The number of hydrogen-bond acceptors (Lipinski definition) is 4. The van der Waals surface area contributed by atoms with Crippen molar-refractivity contribution < 1.29 is 8.91 Å². The first-order valence-corrected chi connectivity index (χ1v) is 7.28. The molecular formula is C14H17BrFN3O. The Morgan fingerprint density at radius 2 is 2.15 bits per heavy atom. The van der Waals surface area contributed by atoms with Crippen molar-refractivity contribution in [2.75, 3.05) is 0 Å². The molecule has 4 nitrogen and oxygen atoms in total. The molecule has 0 radical (unpaired) electrons. The minimum absolute atomic E-state index is 0.0000384. The Hall–Kier alpha value is -1.27. The molecule has 0 bridgehead atoms. The van der Waals surface area contributed by atoms with E-state index < -0.39 is 0 Å². The van der Waals surface area contributed by atoms with Gasteiger partial charge >= 0.3 is 0 Å². The van der Waals surface area contributed by atoms with E-state index in [1.165, 1.54) is 12.1 Å². The largest absolute Gasteiger partial charge is 0.339 e. The smallest absolute Gasteiger partial charge is 0.228 e. The number of rotatable bonds is 5. The highest BCUT2D eigenvalue weighted by Gasteiger charge is 2.15. The lowest BCUT2D eigenvalue weighted by molar-refractivity contribution is 0.359. The average molecular weight is 342 g/mol. The summed E-state index contributed by atoms with van der Waals surface area (Å²) < 4.78 is 18.8. The predicted molar refractivity (Wildman–Crippen MR) is 78.5 cm³/mol. The molecule has 2 N–H and O–H groups in total. The number of hydrogen-bond donors (Lipinski definition) is 1. The van der Waals surface area contributed by atoms with Crippen molar-refractivity contribution in [2.45, 2.75) is 32.7 Å². The molecule has 1 heterocycles. The summed E-state index contributed by atoms with van der Waals surface area (Å²) in [5.41, 5.74) is 6.71. The van der Waals surface area contributed by atoms with Crippen molar-refractivity contribution in [2.24, 2.45) is 11.7 Å². The molecule has 1 unspecified atom stereocenters. The third kappa shape index (κ3) is 3.86. The highest BCUT2D eigenvalue weighted by atomic mass is 79.9. The van der Waals surface area contributed by atoms with Crippen molar-refractivity contribution >= 4 is 15.9 Å². The van der Waals surface area contributed by atoms with E-state index in [4.69, 9.17) is 10.3 Å². The van der Waals surface area contributed by atoms with Crippen molar-refractivity contribution in [3.05, 3.63) is 34.4 Å². The second-order valence-electron chi connectivity index (χ2n) is 5.23. The maximum Gasteiger partial charge on any atom is 0.228 e. The first-order chi connectivity index (χ1) is 9.45. The molecular weight excluding hydrogens is 325 g/mol. The highest BCUT2D eigenvalue weighted by molar-refractivity contribution is 9.10. The topological polar surface area (TPSA) is 64.9 Å². The zero-order valence-corrected chi connectivity index (χ0v) is 13.0. The van der Waals surface area contributed by atoms with E-state index in [-0.39, 0.29) is 11.9 Å². The Morgan fingerprint density at radius 3 is 2.80 bits per heavy atom. The van der Waals surface area contributed by atoms with E-state index in [9.17, 15) is 4.39 Å². The maximum atomic E-state index is 13.1. The fourth-order valence-electron chi connectivity index (χ4n) is 2.03. The molecule has 20 heavy (non-hydrogen) atoms. The molecule has 1 atom stereocenters. The lowest BCUT2D eigenvalue weighted by Crippen LogP contribution is -2.24. The quantitative estimate of drug-likeness (QED) is 0.902. The second kappa shape index (κ2) is 6.45. The van der Waals surface area contributed by atoms with Crippen molar-refractivity contribution in [3.63, 3.8) is 0 Å². The molecule has 1 aromatic carbocycles. The van der Waals surface area contributed by atoms with E-state index in [2.05, 4.69) is 39.9 Å². The van der Waals surface area contributed by atoms with Crippen LogP contribution in [0.25, 0.3) is 11.4 Å². The molecule has 0 saturated heterocycles. The summed E-state index contributed by atoms with van der Waals surface area (Å²) in [5.74, 6) is 1.15. The molecule has 6 heteroatoms. The van der Waals surface area contributed by atoms with Crippen LogP contribution in [-0.4, -0.2) is 16.2 Å². The van der Waals surface area contributed by atoms with Gasteiger partial charge in [-0.25, -0.2) is 4.39 Å². The van der Waals surface area contributed by atoms with Crippen molar-refractivity contribution in [1.82, 2.24) is 10.1 Å². The first kappa shape index (κ1) is 15.1. The third-order valence-electron chi connectivity index (χ3n) is 2.85. The number of benzene rings is 1. The number of aromatic nitrogens is 2. The van der Waals surface area contributed by atoms with Crippen LogP contribution in [0.4, 0.5) is 4.39 Å². The summed E-state index contributed by atoms with van der Waals surface area (Å²) in [5, 5.41) is 3.92. The zero-order chi connectivity index (χ0) is 14.7. The van der Waals surface area contributed by atoms with Gasteiger partial charge in [-0.15, -0.1) is 0 Å². The van der Waals surface area contributed by atoms with E-state index >= 15 is 0 Å². The molecule has 2 rings (SSSR count). The molecule has 0 saturated carbocycles. The Balaban J connectivity index is 2.12. The summed E-state index contributed by atoms with van der Waals surface area (Å²) in [6.45, 7) is 4.24. The zero-order valence-electron chi connectivity index (χ0n) is 11.4. The van der Waals surface area contributed by atoms with Crippen LogP contribution in [0.5, 0.6) is 0 Å². The van der Waals surface area contributed by atoms with E-state index in [1.54, 1.807) is 6.07 Å². The van der Waals surface area contributed by atoms with Gasteiger partial charge in [0.05, 0.1) is 0 Å². The van der Waals surface area contributed by atoms with Gasteiger partial charge in [0.15, 0.2) is 0 Å². The fraction of sp³-hybridized carbons (Fsp3) is 0.429. The normalized spacial score (nSPS) is 12.9. The minimum atomic E-state index is -0.316. The molecule has 0 amide bonds. The van der Waals surface area contributed by atoms with Crippen LogP contribution in [0, 0.1) is 11.7 Å². The molecule has 0 spiro atoms. The van der Waals surface area contributed by atoms with Gasteiger partial charge in [0.25, 0.3) is 0 Å². The number of halogens is 2. The Bertz CT molecular complexity index is 586. The lowest BCUT2D eigenvalue weighted by Gasteiger charge is -2.10. The van der Waals surface area contributed by atoms with Gasteiger partial charge in [-0.2, -0.15) is 4.98 Å². The van der Waals surface area contributed by atoms with Crippen LogP contribution in [0.1, 0.15) is 26.2 Å². The average Bonchev–Trinajstić information content (AvgIpc) is 2.75. The van der Waals surface area contributed by atoms with Gasteiger partial charge in [0.2, 0.25) is 11.7 Å². The van der Waals surface area contributed by atoms with Gasteiger partial charge in [0.1, 0.15) is 5.82 Å². The summed E-state index contributed by atoms with van der Waals surface area (Å²) in [6.07, 6.45) is 1.45. The van der Waals surface area contributed by atoms with Crippen molar-refractivity contribution in [1.29, 1.82) is 0 Å². The standard InChI is InChI=1S/C14H17BrFN3O/c1-8(2)5-10(17)7-13-18-14(19-20-13)11-4-3-9(16)6-12(11)15/h3-4,6,8,10H,5,7,17H2,1-2H3. The molecule has 2 aromatic rings. The van der Waals surface area contributed by atoms with Crippen LogP contribution >= 0.6 is 15.9 Å². The highest BCUT2D eigenvalue weighted by Crippen LogP contribution is 2.26. The summed E-state index contributed by atoms with van der Waals surface area (Å²) in [4.78, 5) is 4.31. The van der Waals surface area contributed by atoms with Crippen LogP contribution in [0.15, 0.2) is 27.2 Å². The number of nitrogens with zero attached hydrogens (tertiary/aromatic N) is 2. The molecule has 0 fully saturated rings. The van der Waals surface area contributed by atoms with E-state index in [1.807, 2.05) is 0 Å². The maximum absolute atomic E-state index is 13.1. The number of nitrogens with two attached hydrogens (primary N) is 1. The van der Waals surface area contributed by atoms with Gasteiger partial charge in [-0.05, 0) is 46.5 Å². The van der Waals surface area contributed by atoms with E-state index in [0.29, 0.717) is 34.1 Å². The monoisotopic (exact) mass is 341 g/mol. The van der Waals surface area contributed by atoms with Gasteiger partial charge < -0.3 is 10.3 Å². The van der Waals surface area contributed by atoms with Crippen LogP contribution in [-0.2, 0) is 6.42 Å². The van der Waals surface area contributed by atoms with Crippen molar-refractivity contribution in [3.8, 4) is 11.4 Å². The lowest BCUT2D eigenvalue weighted by atomic mass is 10.0. The van der Waals surface area contributed by atoms with Gasteiger partial charge in [-0.3, -0.25) is 0 Å². The minimum Gasteiger partial charge on any atom is -0.339 e. The second-order valence-corrected chi connectivity index (χ2v) is 6.08. The summed E-state index contributed by atoms with van der Waals surface area (Å²) in [7, 11) is 0. The van der Waals surface area contributed by atoms with Crippen LogP contribution in [0.2, 0.25) is 0 Å². The summed E-state index contributed by atoms with van der Waals surface area (Å²) >= 11 is 3.29. The first-order valence-electron chi connectivity index (χ1n) is 6.49. The van der Waals surface area contributed by atoms with Gasteiger partial charge in [0, 0.05) is 22.5 Å². The molecule has 0 aliphatic carbocycles. The Kier molecular flexibility index (Phi) is 4.88. The Morgan fingerprint density at radius 1 is 1.40 bits per heavy atom. The molecule has 1 aromatic heterocycles. The van der Waals surface area contributed by atoms with E-state index in [0.717, 1.165) is 6.42 Å². The molecule has 0 aliphatic rings. The SMILES string of the molecule is CC(C)CC(N)Cc1nc(-c2ccc(F)cc2Br)no1. The van der Waals surface area contributed by atoms with Crippen LogP contribution < -0.4 is 5.73 Å². The summed E-state index contributed by atoms with van der Waals surface area (Å²) in [6, 6.07) is 4.35. The molecule has 108 valence electrons.